The van der Waals surface area contributed by atoms with Crippen molar-refractivity contribution in [3.63, 3.8) is 0 Å². The van der Waals surface area contributed by atoms with Crippen LogP contribution in [0, 0.1) is 12.7 Å². The molecular weight excluding hydrogens is 593 g/mol. The first-order valence-corrected chi connectivity index (χ1v) is 16.2. The van der Waals surface area contributed by atoms with E-state index in [4.69, 9.17) is 4.74 Å². The molecule has 2 amide bonds. The number of carbonyl (C=O) groups excluding carboxylic acids is 2. The zero-order valence-corrected chi connectivity index (χ0v) is 26.5. The van der Waals surface area contributed by atoms with Crippen LogP contribution in [-0.2, 0) is 32.6 Å². The van der Waals surface area contributed by atoms with Gasteiger partial charge in [0.25, 0.3) is 10.0 Å². The average molecular weight is 632 g/mol. The van der Waals surface area contributed by atoms with Crippen LogP contribution < -0.4 is 14.4 Å². The molecule has 0 aliphatic rings. The Balaban J connectivity index is 1.78. The molecule has 4 aromatic rings. The molecule has 0 saturated carbocycles. The van der Waals surface area contributed by atoms with Crippen molar-refractivity contribution in [2.45, 2.75) is 44.7 Å². The summed E-state index contributed by atoms with van der Waals surface area (Å²) in [5.74, 6) is -1.01. The molecule has 0 aliphatic heterocycles. The molecule has 1 N–H and O–H groups in total. The summed E-state index contributed by atoms with van der Waals surface area (Å²) < 4.78 is 48.5. The van der Waals surface area contributed by atoms with Gasteiger partial charge in [0.2, 0.25) is 11.8 Å². The van der Waals surface area contributed by atoms with Gasteiger partial charge in [0.1, 0.15) is 24.2 Å². The van der Waals surface area contributed by atoms with Crippen molar-refractivity contribution in [3.05, 3.63) is 126 Å². The van der Waals surface area contributed by atoms with Gasteiger partial charge in [-0.05, 0) is 80.4 Å². The molecule has 10 heteroatoms. The Morgan fingerprint density at radius 3 is 2.16 bits per heavy atom. The van der Waals surface area contributed by atoms with Gasteiger partial charge in [-0.3, -0.25) is 13.9 Å². The van der Waals surface area contributed by atoms with Crippen LogP contribution in [0.25, 0.3) is 0 Å². The van der Waals surface area contributed by atoms with Crippen molar-refractivity contribution < 1.29 is 27.1 Å². The predicted molar refractivity (Wildman–Crippen MR) is 173 cm³/mol. The number of anilines is 1. The van der Waals surface area contributed by atoms with Gasteiger partial charge in [-0.25, -0.2) is 12.8 Å². The molecule has 0 fully saturated rings. The molecule has 0 aliphatic carbocycles. The summed E-state index contributed by atoms with van der Waals surface area (Å²) in [6.07, 6.45) is 0.215. The highest BCUT2D eigenvalue weighted by Gasteiger charge is 2.34. The number of halogens is 1. The summed E-state index contributed by atoms with van der Waals surface area (Å²) in [7, 11) is -4.31. The second-order valence-corrected chi connectivity index (χ2v) is 12.4. The highest BCUT2D eigenvalue weighted by molar-refractivity contribution is 7.92. The predicted octanol–water partition coefficient (Wildman–Crippen LogP) is 5.50. The number of benzene rings is 4. The highest BCUT2D eigenvalue weighted by atomic mass is 32.2. The van der Waals surface area contributed by atoms with Gasteiger partial charge < -0.3 is 15.0 Å². The lowest BCUT2D eigenvalue weighted by Crippen LogP contribution is -2.53. The lowest BCUT2D eigenvalue weighted by Gasteiger charge is -2.34. The maximum absolute atomic E-state index is 14.4. The minimum absolute atomic E-state index is 0.0650. The zero-order valence-electron chi connectivity index (χ0n) is 25.6. The topological polar surface area (TPSA) is 96.0 Å². The summed E-state index contributed by atoms with van der Waals surface area (Å²) >= 11 is 0. The van der Waals surface area contributed by atoms with E-state index >= 15 is 0 Å². The third-order valence-corrected chi connectivity index (χ3v) is 8.96. The van der Waals surface area contributed by atoms with Crippen LogP contribution in [0.4, 0.5) is 10.1 Å². The SMILES string of the molecule is CCNC(=O)C(Cc1ccccc1)N(Cc1cccc(C)c1)C(=O)CN(c1ccc(F)cc1)S(=O)(=O)c1ccc(OCC)cc1. The molecule has 0 aromatic heterocycles. The number of hydrogen-bond donors (Lipinski definition) is 1. The first-order valence-electron chi connectivity index (χ1n) is 14.8. The van der Waals surface area contributed by atoms with Crippen LogP contribution in [0.1, 0.15) is 30.5 Å². The van der Waals surface area contributed by atoms with E-state index in [1.54, 1.807) is 6.92 Å². The Hall–Kier alpha value is -4.70. The third-order valence-electron chi connectivity index (χ3n) is 7.17. The molecule has 4 rings (SSSR count). The van der Waals surface area contributed by atoms with Crippen molar-refractivity contribution in [2.24, 2.45) is 0 Å². The third kappa shape index (κ3) is 8.69. The molecule has 0 radical (unpaired) electrons. The number of sulfonamides is 1. The van der Waals surface area contributed by atoms with Crippen molar-refractivity contribution in [1.82, 2.24) is 10.2 Å². The molecule has 0 heterocycles. The molecule has 0 saturated heterocycles. The van der Waals surface area contributed by atoms with Crippen molar-refractivity contribution in [3.8, 4) is 5.75 Å². The smallest absolute Gasteiger partial charge is 0.264 e. The van der Waals surface area contributed by atoms with Crippen LogP contribution in [0.5, 0.6) is 5.75 Å². The van der Waals surface area contributed by atoms with Gasteiger partial charge in [0.05, 0.1) is 17.2 Å². The van der Waals surface area contributed by atoms with Crippen LogP contribution in [-0.4, -0.2) is 50.9 Å². The number of aryl methyl sites for hydroxylation is 1. The normalized spacial score (nSPS) is 11.8. The summed E-state index contributed by atoms with van der Waals surface area (Å²) in [5, 5.41) is 2.84. The molecule has 0 bridgehead atoms. The summed E-state index contributed by atoms with van der Waals surface area (Å²) in [6.45, 7) is 5.75. The Morgan fingerprint density at radius 2 is 1.53 bits per heavy atom. The summed E-state index contributed by atoms with van der Waals surface area (Å²) in [6, 6.07) is 26.8. The van der Waals surface area contributed by atoms with Crippen LogP contribution >= 0.6 is 0 Å². The number of rotatable bonds is 14. The molecular formula is C35H38FN3O5S. The largest absolute Gasteiger partial charge is 0.494 e. The number of nitrogens with one attached hydrogen (secondary N) is 1. The van der Waals surface area contributed by atoms with E-state index in [0.29, 0.717) is 18.9 Å². The van der Waals surface area contributed by atoms with Crippen molar-refractivity contribution >= 4 is 27.5 Å². The van der Waals surface area contributed by atoms with Gasteiger partial charge in [0, 0.05) is 19.5 Å². The van der Waals surface area contributed by atoms with E-state index in [1.807, 2.05) is 68.4 Å². The van der Waals surface area contributed by atoms with Crippen molar-refractivity contribution in [2.75, 3.05) is 24.0 Å². The minimum atomic E-state index is -4.31. The number of nitrogens with zero attached hydrogens (tertiary/aromatic N) is 2. The van der Waals surface area contributed by atoms with E-state index in [9.17, 15) is 22.4 Å². The molecule has 8 nitrogen and oxygen atoms in total. The fourth-order valence-electron chi connectivity index (χ4n) is 4.99. The fourth-order valence-corrected chi connectivity index (χ4v) is 6.41. The van der Waals surface area contributed by atoms with E-state index in [1.165, 1.54) is 41.3 Å². The summed E-state index contributed by atoms with van der Waals surface area (Å²) in [5.41, 5.74) is 2.71. The maximum atomic E-state index is 14.4. The van der Waals surface area contributed by atoms with Gasteiger partial charge in [0.15, 0.2) is 0 Å². The van der Waals surface area contributed by atoms with E-state index in [2.05, 4.69) is 5.32 Å². The lowest BCUT2D eigenvalue weighted by molar-refractivity contribution is -0.140. The van der Waals surface area contributed by atoms with E-state index < -0.39 is 34.3 Å². The number of amides is 2. The van der Waals surface area contributed by atoms with Gasteiger partial charge in [-0.2, -0.15) is 0 Å². The summed E-state index contributed by atoms with van der Waals surface area (Å²) in [4.78, 5) is 29.3. The number of likely N-dealkylation sites (N-methyl/N-ethyl adjacent to an activating group) is 1. The molecule has 4 aromatic carbocycles. The molecule has 1 unspecified atom stereocenters. The molecule has 45 heavy (non-hydrogen) atoms. The van der Waals surface area contributed by atoms with Gasteiger partial charge in [-0.1, -0.05) is 60.2 Å². The quantitative estimate of drug-likeness (QED) is 0.198. The fraction of sp³-hybridized carbons (Fsp3) is 0.257. The standard InChI is InChI=1S/C35H38FN3O5S/c1-4-37-35(41)33(23-27-11-7-6-8-12-27)38(24-28-13-9-10-26(3)22-28)34(40)25-39(30-16-14-29(36)15-17-30)45(42,43)32-20-18-31(19-21-32)44-5-2/h6-22,33H,4-5,23-25H2,1-3H3,(H,37,41). The second kappa shape index (κ2) is 15.3. The van der Waals surface area contributed by atoms with Gasteiger partial charge in [-0.15, -0.1) is 0 Å². The Labute approximate surface area is 264 Å². The molecule has 236 valence electrons. The average Bonchev–Trinajstić information content (AvgIpc) is 3.03. The van der Waals surface area contributed by atoms with E-state index in [-0.39, 0.29) is 29.5 Å². The Morgan fingerprint density at radius 1 is 0.867 bits per heavy atom. The Kier molecular flexibility index (Phi) is 11.3. The first kappa shape index (κ1) is 33.2. The van der Waals surface area contributed by atoms with E-state index in [0.717, 1.165) is 33.1 Å². The minimum Gasteiger partial charge on any atom is -0.494 e. The second-order valence-electron chi connectivity index (χ2n) is 10.5. The molecule has 0 spiro atoms. The number of hydrogen-bond acceptors (Lipinski definition) is 5. The highest BCUT2D eigenvalue weighted by Crippen LogP contribution is 2.27. The van der Waals surface area contributed by atoms with Crippen LogP contribution in [0.3, 0.4) is 0 Å². The first-order chi connectivity index (χ1) is 21.6. The number of carbonyl (C=O) groups is 2. The Bertz CT molecular complexity index is 1680. The molecule has 1 atom stereocenters. The van der Waals surface area contributed by atoms with Gasteiger partial charge >= 0.3 is 0 Å². The van der Waals surface area contributed by atoms with Crippen LogP contribution in [0.2, 0.25) is 0 Å². The van der Waals surface area contributed by atoms with Crippen LogP contribution in [0.15, 0.2) is 108 Å². The lowest BCUT2D eigenvalue weighted by atomic mass is 10.0. The van der Waals surface area contributed by atoms with Crippen molar-refractivity contribution in [1.29, 1.82) is 0 Å². The monoisotopic (exact) mass is 631 g/mol. The maximum Gasteiger partial charge on any atom is 0.264 e. The zero-order chi connectivity index (χ0) is 32.4. The number of ether oxygens (including phenoxy) is 1.